The van der Waals surface area contributed by atoms with Crippen LogP contribution >= 0.6 is 0 Å². The summed E-state index contributed by atoms with van der Waals surface area (Å²) in [6.07, 6.45) is 5.26. The van der Waals surface area contributed by atoms with E-state index in [4.69, 9.17) is 0 Å². The first-order valence-corrected chi connectivity index (χ1v) is 10.0. The molecule has 0 radical (unpaired) electrons. The van der Waals surface area contributed by atoms with Gasteiger partial charge in [0.25, 0.3) is 11.8 Å². The van der Waals surface area contributed by atoms with Crippen molar-refractivity contribution in [2.75, 3.05) is 36.4 Å². The van der Waals surface area contributed by atoms with Crippen LogP contribution in [0.4, 0.5) is 11.4 Å². The van der Waals surface area contributed by atoms with E-state index in [0.717, 1.165) is 13.1 Å². The molecule has 0 saturated carbocycles. The summed E-state index contributed by atoms with van der Waals surface area (Å²) in [5, 5.41) is 2.87. The predicted molar refractivity (Wildman–Crippen MR) is 112 cm³/mol. The number of amides is 2. The van der Waals surface area contributed by atoms with E-state index < -0.39 is 0 Å². The van der Waals surface area contributed by atoms with Gasteiger partial charge in [-0.15, -0.1) is 0 Å². The molecule has 1 aliphatic rings. The van der Waals surface area contributed by atoms with Crippen LogP contribution in [-0.2, 0) is 0 Å². The largest absolute Gasteiger partial charge is 0.372 e. The van der Waals surface area contributed by atoms with Gasteiger partial charge in [-0.1, -0.05) is 0 Å². The highest BCUT2D eigenvalue weighted by Gasteiger charge is 2.16. The molecule has 3 rings (SSSR count). The monoisotopic (exact) mass is 380 g/mol. The van der Waals surface area contributed by atoms with Gasteiger partial charge in [0, 0.05) is 49.3 Å². The van der Waals surface area contributed by atoms with Gasteiger partial charge in [0.2, 0.25) is 0 Å². The quantitative estimate of drug-likeness (QED) is 0.828. The Morgan fingerprint density at radius 1 is 1.04 bits per heavy atom. The maximum Gasteiger partial charge on any atom is 0.274 e. The van der Waals surface area contributed by atoms with Crippen molar-refractivity contribution in [3.05, 3.63) is 53.9 Å². The molecule has 2 heterocycles. The number of aromatic nitrogens is 1. The summed E-state index contributed by atoms with van der Waals surface area (Å²) in [5.41, 5.74) is 2.61. The summed E-state index contributed by atoms with van der Waals surface area (Å²) in [6, 6.07) is 11.1. The van der Waals surface area contributed by atoms with Crippen molar-refractivity contribution in [1.82, 2.24) is 9.88 Å². The molecule has 2 aromatic rings. The highest BCUT2D eigenvalue weighted by Crippen LogP contribution is 2.22. The summed E-state index contributed by atoms with van der Waals surface area (Å²) in [5.74, 6) is -0.410. The van der Waals surface area contributed by atoms with Gasteiger partial charge in [-0.25, -0.2) is 0 Å². The van der Waals surface area contributed by atoms with Crippen LogP contribution < -0.4 is 10.2 Å². The minimum Gasteiger partial charge on any atom is -0.372 e. The number of anilines is 2. The lowest BCUT2D eigenvalue weighted by Gasteiger charge is -2.28. The van der Waals surface area contributed by atoms with E-state index in [1.807, 2.05) is 38.1 Å². The number of rotatable bonds is 6. The van der Waals surface area contributed by atoms with Crippen molar-refractivity contribution in [2.45, 2.75) is 33.1 Å². The van der Waals surface area contributed by atoms with Gasteiger partial charge < -0.3 is 15.1 Å². The molecule has 1 aromatic carbocycles. The molecule has 148 valence electrons. The SMILES string of the molecule is CCN(CC)C(=O)c1ccnc(C(=O)Nc2ccc(N3CCCCC3)cc2)c1. The Bertz CT molecular complexity index is 810. The highest BCUT2D eigenvalue weighted by atomic mass is 16.2. The third kappa shape index (κ3) is 4.68. The summed E-state index contributed by atoms with van der Waals surface area (Å²) in [4.78, 5) is 33.3. The van der Waals surface area contributed by atoms with Crippen molar-refractivity contribution in [1.29, 1.82) is 0 Å². The zero-order valence-electron chi connectivity index (χ0n) is 16.6. The predicted octanol–water partition coefficient (Wildman–Crippen LogP) is 3.81. The fourth-order valence-electron chi connectivity index (χ4n) is 3.48. The molecule has 1 saturated heterocycles. The maximum atomic E-state index is 12.6. The molecular weight excluding hydrogens is 352 g/mol. The molecule has 6 nitrogen and oxygen atoms in total. The van der Waals surface area contributed by atoms with Crippen LogP contribution in [0.5, 0.6) is 0 Å². The number of benzene rings is 1. The fourth-order valence-corrected chi connectivity index (χ4v) is 3.48. The molecule has 0 spiro atoms. The van der Waals surface area contributed by atoms with Crippen molar-refractivity contribution in [2.24, 2.45) is 0 Å². The number of hydrogen-bond acceptors (Lipinski definition) is 4. The Morgan fingerprint density at radius 3 is 2.36 bits per heavy atom. The van der Waals surface area contributed by atoms with Crippen LogP contribution in [0.15, 0.2) is 42.6 Å². The second-order valence-electron chi connectivity index (χ2n) is 6.96. The van der Waals surface area contributed by atoms with Crippen molar-refractivity contribution >= 4 is 23.2 Å². The molecule has 6 heteroatoms. The topological polar surface area (TPSA) is 65.5 Å². The lowest BCUT2D eigenvalue weighted by Crippen LogP contribution is -2.30. The number of carbonyl (C=O) groups excluding carboxylic acids is 2. The van der Waals surface area contributed by atoms with Gasteiger partial charge >= 0.3 is 0 Å². The van der Waals surface area contributed by atoms with Crippen molar-refractivity contribution in [3.8, 4) is 0 Å². The third-order valence-corrected chi connectivity index (χ3v) is 5.14. The van der Waals surface area contributed by atoms with Crippen LogP contribution in [0.3, 0.4) is 0 Å². The summed E-state index contributed by atoms with van der Waals surface area (Å²) >= 11 is 0. The average Bonchev–Trinajstić information content (AvgIpc) is 2.75. The van der Waals surface area contributed by atoms with E-state index in [-0.39, 0.29) is 17.5 Å². The third-order valence-electron chi connectivity index (χ3n) is 5.14. The molecule has 0 bridgehead atoms. The highest BCUT2D eigenvalue weighted by molar-refractivity contribution is 6.04. The first-order valence-electron chi connectivity index (χ1n) is 10.0. The van der Waals surface area contributed by atoms with Crippen LogP contribution in [0.25, 0.3) is 0 Å². The van der Waals surface area contributed by atoms with Gasteiger partial charge in [-0.05, 0) is 69.5 Å². The minimum atomic E-state index is -0.320. The number of piperidine rings is 1. The number of carbonyl (C=O) groups is 2. The zero-order valence-corrected chi connectivity index (χ0v) is 16.6. The first-order chi connectivity index (χ1) is 13.6. The molecule has 1 aromatic heterocycles. The molecule has 0 atom stereocenters. The Morgan fingerprint density at radius 2 is 1.71 bits per heavy atom. The fraction of sp³-hybridized carbons (Fsp3) is 0.409. The molecule has 0 unspecified atom stereocenters. The Kier molecular flexibility index (Phi) is 6.63. The molecule has 1 N–H and O–H groups in total. The molecular formula is C22H28N4O2. The van der Waals surface area contributed by atoms with Crippen LogP contribution in [0.1, 0.15) is 54.0 Å². The Labute approximate surface area is 166 Å². The van der Waals surface area contributed by atoms with Gasteiger partial charge in [-0.2, -0.15) is 0 Å². The van der Waals surface area contributed by atoms with Crippen LogP contribution in [0.2, 0.25) is 0 Å². The Balaban J connectivity index is 1.67. The second-order valence-corrected chi connectivity index (χ2v) is 6.96. The lowest BCUT2D eigenvalue weighted by molar-refractivity contribution is 0.0773. The van der Waals surface area contributed by atoms with E-state index in [1.54, 1.807) is 17.0 Å². The van der Waals surface area contributed by atoms with Crippen LogP contribution in [-0.4, -0.2) is 47.9 Å². The standard InChI is InChI=1S/C22H28N4O2/c1-3-25(4-2)22(28)17-12-13-23-20(16-17)21(27)24-18-8-10-19(11-9-18)26-14-6-5-7-15-26/h8-13,16H,3-7,14-15H2,1-2H3,(H,24,27). The van der Waals surface area contributed by atoms with Gasteiger partial charge in [0.15, 0.2) is 0 Å². The molecule has 1 fully saturated rings. The maximum absolute atomic E-state index is 12.6. The second kappa shape index (κ2) is 9.35. The normalized spacial score (nSPS) is 13.9. The van der Waals surface area contributed by atoms with E-state index in [2.05, 4.69) is 15.2 Å². The molecule has 28 heavy (non-hydrogen) atoms. The summed E-state index contributed by atoms with van der Waals surface area (Å²) < 4.78 is 0. The van der Waals surface area contributed by atoms with Crippen molar-refractivity contribution in [3.63, 3.8) is 0 Å². The zero-order chi connectivity index (χ0) is 19.9. The van der Waals surface area contributed by atoms with Gasteiger partial charge in [-0.3, -0.25) is 14.6 Å². The number of pyridine rings is 1. The first kappa shape index (κ1) is 19.9. The van der Waals surface area contributed by atoms with Gasteiger partial charge in [0.1, 0.15) is 5.69 Å². The van der Waals surface area contributed by atoms with E-state index in [1.165, 1.54) is 31.1 Å². The minimum absolute atomic E-state index is 0.0904. The molecule has 2 amide bonds. The number of nitrogens with zero attached hydrogens (tertiary/aromatic N) is 3. The smallest absolute Gasteiger partial charge is 0.274 e. The van der Waals surface area contributed by atoms with Crippen molar-refractivity contribution < 1.29 is 9.59 Å². The van der Waals surface area contributed by atoms with Crippen LogP contribution in [0, 0.1) is 0 Å². The average molecular weight is 380 g/mol. The summed E-state index contributed by atoms with van der Waals surface area (Å²) in [7, 11) is 0. The number of hydrogen-bond donors (Lipinski definition) is 1. The van der Waals surface area contributed by atoms with Gasteiger partial charge in [0.05, 0.1) is 0 Å². The van der Waals surface area contributed by atoms with E-state index in [9.17, 15) is 9.59 Å². The molecule has 0 aliphatic carbocycles. The Hall–Kier alpha value is -2.89. The molecule has 1 aliphatic heterocycles. The van der Waals surface area contributed by atoms with E-state index in [0.29, 0.717) is 24.3 Å². The lowest BCUT2D eigenvalue weighted by atomic mass is 10.1. The van der Waals surface area contributed by atoms with E-state index >= 15 is 0 Å². The summed E-state index contributed by atoms with van der Waals surface area (Å²) in [6.45, 7) is 7.30. The number of nitrogens with one attached hydrogen (secondary N) is 1.